The Morgan fingerprint density at radius 1 is 0.944 bits per heavy atom. The summed E-state index contributed by atoms with van der Waals surface area (Å²) in [5.41, 5.74) is 2.42. The van der Waals surface area contributed by atoms with E-state index >= 15 is 0 Å². The molecular weight excluding hydrogens is 220 g/mol. The van der Waals surface area contributed by atoms with E-state index in [0.717, 1.165) is 0 Å². The Morgan fingerprint density at radius 3 is 2.22 bits per heavy atom. The monoisotopic (exact) mass is 238 g/mol. The summed E-state index contributed by atoms with van der Waals surface area (Å²) in [5, 5.41) is 0. The fraction of sp³-hybridized carbons (Fsp3) is 0.176. The molecule has 0 bridgehead atoms. The van der Waals surface area contributed by atoms with Gasteiger partial charge in [-0.1, -0.05) is 72.8 Å². The lowest BCUT2D eigenvalue weighted by molar-refractivity contribution is 0.0889. The van der Waals surface area contributed by atoms with Crippen LogP contribution in [0.25, 0.3) is 6.08 Å². The highest BCUT2D eigenvalue weighted by atomic mass is 16.5. The number of hydrogen-bond donors (Lipinski definition) is 0. The summed E-state index contributed by atoms with van der Waals surface area (Å²) in [6.07, 6.45) is 4.26. The molecule has 2 aromatic rings. The van der Waals surface area contributed by atoms with Gasteiger partial charge in [0.25, 0.3) is 0 Å². The summed E-state index contributed by atoms with van der Waals surface area (Å²) in [6.45, 7) is 2.71. The Morgan fingerprint density at radius 2 is 1.56 bits per heavy atom. The number of hydrogen-bond acceptors (Lipinski definition) is 1. The molecule has 2 rings (SSSR count). The van der Waals surface area contributed by atoms with Gasteiger partial charge in [0.15, 0.2) is 0 Å². The third-order valence-corrected chi connectivity index (χ3v) is 2.82. The van der Waals surface area contributed by atoms with Crippen molar-refractivity contribution in [3.8, 4) is 0 Å². The van der Waals surface area contributed by atoms with Crippen LogP contribution in [-0.2, 0) is 4.74 Å². The fourth-order valence-electron chi connectivity index (χ4n) is 1.77. The lowest BCUT2D eigenvalue weighted by atomic mass is 10.1. The normalized spacial score (nSPS) is 12.7. The van der Waals surface area contributed by atoms with E-state index in [0.29, 0.717) is 6.61 Å². The van der Waals surface area contributed by atoms with Gasteiger partial charge in [0.05, 0.1) is 12.7 Å². The first-order valence-corrected chi connectivity index (χ1v) is 6.24. The molecule has 18 heavy (non-hydrogen) atoms. The zero-order valence-corrected chi connectivity index (χ0v) is 10.6. The average Bonchev–Trinajstić information content (AvgIpc) is 2.45. The fourth-order valence-corrected chi connectivity index (χ4v) is 1.77. The Labute approximate surface area is 109 Å². The summed E-state index contributed by atoms with van der Waals surface area (Å²) in [7, 11) is 0. The topological polar surface area (TPSA) is 9.23 Å². The molecule has 2 aromatic carbocycles. The quantitative estimate of drug-likeness (QED) is 0.746. The first-order valence-electron chi connectivity index (χ1n) is 6.24. The molecule has 1 nitrogen and oxygen atoms in total. The molecule has 0 aliphatic heterocycles. The first kappa shape index (κ1) is 12.6. The molecule has 0 amide bonds. The second-order valence-electron chi connectivity index (χ2n) is 4.20. The van der Waals surface area contributed by atoms with Crippen LogP contribution in [-0.4, -0.2) is 6.61 Å². The van der Waals surface area contributed by atoms with Gasteiger partial charge >= 0.3 is 0 Å². The Bertz CT molecular complexity index is 473. The van der Waals surface area contributed by atoms with Crippen LogP contribution >= 0.6 is 0 Å². The second kappa shape index (κ2) is 6.77. The molecule has 1 heteroatoms. The van der Waals surface area contributed by atoms with Crippen LogP contribution in [0.15, 0.2) is 66.7 Å². The number of rotatable bonds is 5. The van der Waals surface area contributed by atoms with E-state index < -0.39 is 0 Å². The van der Waals surface area contributed by atoms with Gasteiger partial charge in [0.2, 0.25) is 0 Å². The van der Waals surface area contributed by atoms with Crippen LogP contribution in [0.2, 0.25) is 0 Å². The molecule has 0 fully saturated rings. The predicted molar refractivity (Wildman–Crippen MR) is 76.3 cm³/mol. The van der Waals surface area contributed by atoms with Crippen molar-refractivity contribution in [1.29, 1.82) is 0 Å². The smallest absolute Gasteiger partial charge is 0.0801 e. The highest BCUT2D eigenvalue weighted by molar-refractivity contribution is 5.48. The van der Waals surface area contributed by atoms with Crippen LogP contribution in [0, 0.1) is 0 Å². The van der Waals surface area contributed by atoms with Gasteiger partial charge in [-0.15, -0.1) is 0 Å². The van der Waals surface area contributed by atoms with Crippen molar-refractivity contribution in [2.45, 2.75) is 13.0 Å². The van der Waals surface area contributed by atoms with Crippen LogP contribution in [0.5, 0.6) is 0 Å². The Hall–Kier alpha value is -1.86. The maximum absolute atomic E-state index is 5.76. The van der Waals surface area contributed by atoms with Gasteiger partial charge in [-0.3, -0.25) is 0 Å². The predicted octanol–water partition coefficient (Wildman–Crippen LogP) is 4.48. The zero-order valence-electron chi connectivity index (χ0n) is 10.6. The van der Waals surface area contributed by atoms with Gasteiger partial charge in [0, 0.05) is 0 Å². The molecular formula is C17H18O. The minimum absolute atomic E-state index is 0.131. The molecule has 0 aliphatic carbocycles. The SMILES string of the molecule is CC(OC/C=C/c1ccccc1)c1ccccc1. The van der Waals surface area contributed by atoms with Gasteiger partial charge in [-0.2, -0.15) is 0 Å². The zero-order chi connectivity index (χ0) is 12.6. The number of benzene rings is 2. The highest BCUT2D eigenvalue weighted by Gasteiger charge is 2.02. The van der Waals surface area contributed by atoms with Gasteiger partial charge < -0.3 is 4.74 Å². The maximum Gasteiger partial charge on any atom is 0.0801 e. The van der Waals surface area contributed by atoms with Crippen LogP contribution in [0.1, 0.15) is 24.2 Å². The lowest BCUT2D eigenvalue weighted by Crippen LogP contribution is -1.99. The van der Waals surface area contributed by atoms with E-state index in [1.54, 1.807) is 0 Å². The van der Waals surface area contributed by atoms with E-state index in [4.69, 9.17) is 4.74 Å². The minimum atomic E-state index is 0.131. The third kappa shape index (κ3) is 3.86. The molecule has 0 saturated heterocycles. The summed E-state index contributed by atoms with van der Waals surface area (Å²) in [5.74, 6) is 0. The number of ether oxygens (including phenoxy) is 1. The Kier molecular flexibility index (Phi) is 4.74. The molecule has 0 heterocycles. The Balaban J connectivity index is 1.81. The van der Waals surface area contributed by atoms with Crippen molar-refractivity contribution in [2.75, 3.05) is 6.61 Å². The second-order valence-corrected chi connectivity index (χ2v) is 4.20. The van der Waals surface area contributed by atoms with E-state index in [-0.39, 0.29) is 6.10 Å². The van der Waals surface area contributed by atoms with E-state index in [9.17, 15) is 0 Å². The molecule has 0 aromatic heterocycles. The van der Waals surface area contributed by atoms with Crippen molar-refractivity contribution in [2.24, 2.45) is 0 Å². The lowest BCUT2D eigenvalue weighted by Gasteiger charge is -2.11. The maximum atomic E-state index is 5.76. The first-order chi connectivity index (χ1) is 8.86. The van der Waals surface area contributed by atoms with Gasteiger partial charge in [-0.05, 0) is 18.1 Å². The molecule has 0 saturated carbocycles. The van der Waals surface area contributed by atoms with E-state index in [1.165, 1.54) is 11.1 Å². The molecule has 0 spiro atoms. The summed E-state index contributed by atoms with van der Waals surface area (Å²) in [4.78, 5) is 0. The molecule has 0 N–H and O–H groups in total. The minimum Gasteiger partial charge on any atom is -0.370 e. The van der Waals surface area contributed by atoms with Crippen molar-refractivity contribution in [3.05, 3.63) is 77.9 Å². The largest absolute Gasteiger partial charge is 0.370 e. The van der Waals surface area contributed by atoms with Crippen molar-refractivity contribution >= 4 is 6.08 Å². The van der Waals surface area contributed by atoms with E-state index in [1.807, 2.05) is 36.4 Å². The summed E-state index contributed by atoms with van der Waals surface area (Å²) in [6, 6.07) is 20.5. The molecule has 1 atom stereocenters. The molecule has 1 unspecified atom stereocenters. The standard InChI is InChI=1S/C17H18O/c1-15(17-12-6-3-7-13-17)18-14-8-11-16-9-4-2-5-10-16/h2-13,15H,14H2,1H3/b11-8+. The average molecular weight is 238 g/mol. The van der Waals surface area contributed by atoms with Crippen molar-refractivity contribution in [3.63, 3.8) is 0 Å². The van der Waals surface area contributed by atoms with Crippen molar-refractivity contribution < 1.29 is 4.74 Å². The third-order valence-electron chi connectivity index (χ3n) is 2.82. The molecule has 0 radical (unpaired) electrons. The summed E-state index contributed by atoms with van der Waals surface area (Å²) < 4.78 is 5.76. The summed E-state index contributed by atoms with van der Waals surface area (Å²) >= 11 is 0. The van der Waals surface area contributed by atoms with Crippen LogP contribution in [0.4, 0.5) is 0 Å². The van der Waals surface area contributed by atoms with Gasteiger partial charge in [0.1, 0.15) is 0 Å². The molecule has 0 aliphatic rings. The van der Waals surface area contributed by atoms with Crippen LogP contribution < -0.4 is 0 Å². The highest BCUT2D eigenvalue weighted by Crippen LogP contribution is 2.15. The molecule has 92 valence electrons. The van der Waals surface area contributed by atoms with E-state index in [2.05, 4.69) is 43.3 Å². The van der Waals surface area contributed by atoms with Crippen molar-refractivity contribution in [1.82, 2.24) is 0 Å². The van der Waals surface area contributed by atoms with Gasteiger partial charge in [-0.25, -0.2) is 0 Å². The van der Waals surface area contributed by atoms with Crippen LogP contribution in [0.3, 0.4) is 0 Å².